The second kappa shape index (κ2) is 8.57. The van der Waals surface area contributed by atoms with Crippen LogP contribution in [0.2, 0.25) is 0 Å². The number of aryl methyl sites for hydroxylation is 1. The van der Waals surface area contributed by atoms with E-state index in [1.165, 1.54) is 23.6 Å². The number of hydrogen-bond donors (Lipinski definition) is 1. The van der Waals surface area contributed by atoms with E-state index in [1.54, 1.807) is 34.6 Å². The highest BCUT2D eigenvalue weighted by atomic mass is 19.4. The first-order chi connectivity index (χ1) is 13.7. The molecule has 1 aromatic heterocycles. The number of alkyl carbamates (subject to hydrolysis) is 1. The smallest absolute Gasteiger partial charge is 0.416 e. The second-order valence-electron chi connectivity index (χ2n) is 8.08. The van der Waals surface area contributed by atoms with Crippen LogP contribution in [0.25, 0.3) is 10.9 Å². The fraction of sp³-hybridized carbons (Fsp3) is 0.524. The molecule has 2 rings (SSSR count). The van der Waals surface area contributed by atoms with Gasteiger partial charge in [-0.1, -0.05) is 0 Å². The Labute approximate surface area is 173 Å². The van der Waals surface area contributed by atoms with Gasteiger partial charge in [0.25, 0.3) is 0 Å². The van der Waals surface area contributed by atoms with Crippen LogP contribution in [0.5, 0.6) is 0 Å². The molecule has 0 saturated heterocycles. The van der Waals surface area contributed by atoms with E-state index in [1.807, 2.05) is 0 Å². The first-order valence-corrected chi connectivity index (χ1v) is 9.61. The minimum atomic E-state index is -4.53. The molecule has 0 spiro atoms. The number of alkyl halides is 3. The molecule has 2 aromatic rings. The first kappa shape index (κ1) is 23.6. The van der Waals surface area contributed by atoms with Crippen molar-refractivity contribution in [2.75, 3.05) is 13.2 Å². The molecule has 0 fully saturated rings. The van der Waals surface area contributed by atoms with E-state index in [2.05, 4.69) is 5.32 Å². The van der Waals surface area contributed by atoms with Gasteiger partial charge in [-0.05, 0) is 65.3 Å². The zero-order valence-electron chi connectivity index (χ0n) is 17.9. The summed E-state index contributed by atoms with van der Waals surface area (Å²) in [7, 11) is 0. The summed E-state index contributed by atoms with van der Waals surface area (Å²) < 4.78 is 52.0. The minimum Gasteiger partial charge on any atom is -0.461 e. The lowest BCUT2D eigenvalue weighted by molar-refractivity contribution is -0.138. The minimum absolute atomic E-state index is 0.0420. The number of fused-ring (bicyclic) bond motifs is 1. The first-order valence-electron chi connectivity index (χ1n) is 9.61. The number of carbonyl (C=O) groups excluding carboxylic acids is 2. The van der Waals surface area contributed by atoms with E-state index in [0.717, 1.165) is 6.07 Å². The standard InChI is InChI=1S/C21H27F3N2O4/c1-7-29-18(27)17-9-14-8-12(2)15(21(22,23)24)10-16(14)26(17)13(3)11-25-19(28)30-20(4,5)6/h8-10,13H,7,11H2,1-6H3,(H,25,28). The molecule has 1 atom stereocenters. The van der Waals surface area contributed by atoms with Gasteiger partial charge in [0.15, 0.2) is 0 Å². The summed E-state index contributed by atoms with van der Waals surface area (Å²) in [6.07, 6.45) is -5.19. The Bertz CT molecular complexity index is 942. The van der Waals surface area contributed by atoms with E-state index in [4.69, 9.17) is 9.47 Å². The summed E-state index contributed by atoms with van der Waals surface area (Å²) >= 11 is 0. The maximum Gasteiger partial charge on any atom is 0.416 e. The third-order valence-electron chi connectivity index (χ3n) is 4.36. The number of nitrogens with one attached hydrogen (secondary N) is 1. The van der Waals surface area contributed by atoms with Gasteiger partial charge >= 0.3 is 18.2 Å². The zero-order valence-corrected chi connectivity index (χ0v) is 17.9. The Morgan fingerprint density at radius 2 is 1.80 bits per heavy atom. The van der Waals surface area contributed by atoms with Crippen molar-refractivity contribution < 1.29 is 32.2 Å². The molecule has 0 radical (unpaired) electrons. The van der Waals surface area contributed by atoms with Crippen LogP contribution in [0, 0.1) is 6.92 Å². The number of nitrogens with zero attached hydrogens (tertiary/aromatic N) is 1. The number of carbonyl (C=O) groups is 2. The van der Waals surface area contributed by atoms with Crippen molar-refractivity contribution in [3.8, 4) is 0 Å². The average molecular weight is 428 g/mol. The van der Waals surface area contributed by atoms with Gasteiger partial charge in [-0.25, -0.2) is 9.59 Å². The normalized spacial score (nSPS) is 13.2. The summed E-state index contributed by atoms with van der Waals surface area (Å²) in [5, 5.41) is 3.07. The molecule has 1 heterocycles. The Morgan fingerprint density at radius 1 is 1.17 bits per heavy atom. The van der Waals surface area contributed by atoms with Gasteiger partial charge in [0.2, 0.25) is 0 Å². The van der Waals surface area contributed by atoms with E-state index in [-0.39, 0.29) is 29.9 Å². The Hall–Kier alpha value is -2.71. The van der Waals surface area contributed by atoms with E-state index in [9.17, 15) is 22.8 Å². The summed E-state index contributed by atoms with van der Waals surface area (Å²) in [5.41, 5.74) is -1.07. The van der Waals surface area contributed by atoms with Crippen LogP contribution < -0.4 is 5.32 Å². The van der Waals surface area contributed by atoms with Crippen molar-refractivity contribution in [1.82, 2.24) is 9.88 Å². The SMILES string of the molecule is CCOC(=O)c1cc2cc(C)c(C(F)(F)F)cc2n1C(C)CNC(=O)OC(C)(C)C. The fourth-order valence-corrected chi connectivity index (χ4v) is 3.17. The lowest BCUT2D eigenvalue weighted by Gasteiger charge is -2.22. The topological polar surface area (TPSA) is 69.6 Å². The summed E-state index contributed by atoms with van der Waals surface area (Å²) in [4.78, 5) is 24.4. The molecule has 30 heavy (non-hydrogen) atoms. The monoisotopic (exact) mass is 428 g/mol. The predicted octanol–water partition coefficient (Wildman–Crippen LogP) is 5.23. The van der Waals surface area contributed by atoms with Crippen LogP contribution in [-0.2, 0) is 15.7 Å². The van der Waals surface area contributed by atoms with Crippen LogP contribution >= 0.6 is 0 Å². The lowest BCUT2D eigenvalue weighted by Crippen LogP contribution is -2.35. The van der Waals surface area contributed by atoms with Gasteiger partial charge in [-0.2, -0.15) is 13.2 Å². The Balaban J connectivity index is 2.49. The van der Waals surface area contributed by atoms with Crippen LogP contribution in [0.15, 0.2) is 18.2 Å². The van der Waals surface area contributed by atoms with Gasteiger partial charge in [0, 0.05) is 23.5 Å². The third-order valence-corrected chi connectivity index (χ3v) is 4.36. The van der Waals surface area contributed by atoms with Crippen LogP contribution in [-0.4, -0.2) is 35.4 Å². The number of amides is 1. The van der Waals surface area contributed by atoms with Crippen LogP contribution in [0.3, 0.4) is 0 Å². The fourth-order valence-electron chi connectivity index (χ4n) is 3.17. The van der Waals surface area contributed by atoms with Crippen LogP contribution in [0.4, 0.5) is 18.0 Å². The van der Waals surface area contributed by atoms with Crippen molar-refractivity contribution in [2.45, 2.75) is 59.4 Å². The van der Waals surface area contributed by atoms with Crippen LogP contribution in [0.1, 0.15) is 62.3 Å². The molecule has 0 aliphatic carbocycles. The number of rotatable bonds is 5. The zero-order chi connectivity index (χ0) is 22.9. The van der Waals surface area contributed by atoms with Gasteiger partial charge in [0.1, 0.15) is 11.3 Å². The largest absolute Gasteiger partial charge is 0.461 e. The number of ether oxygens (including phenoxy) is 2. The van der Waals surface area contributed by atoms with Crippen molar-refractivity contribution in [3.63, 3.8) is 0 Å². The Kier molecular flexibility index (Phi) is 6.73. The predicted molar refractivity (Wildman–Crippen MR) is 107 cm³/mol. The number of hydrogen-bond acceptors (Lipinski definition) is 4. The average Bonchev–Trinajstić information content (AvgIpc) is 2.95. The number of esters is 1. The van der Waals surface area contributed by atoms with Gasteiger partial charge in [0.05, 0.1) is 12.2 Å². The third kappa shape index (κ3) is 5.46. The number of benzene rings is 1. The van der Waals surface area contributed by atoms with Gasteiger partial charge < -0.3 is 19.4 Å². The Morgan fingerprint density at radius 3 is 2.33 bits per heavy atom. The molecule has 0 bridgehead atoms. The molecular weight excluding hydrogens is 401 g/mol. The van der Waals surface area contributed by atoms with Crippen molar-refractivity contribution in [1.29, 1.82) is 0 Å². The molecule has 166 valence electrons. The van der Waals surface area contributed by atoms with Crippen molar-refractivity contribution in [2.24, 2.45) is 0 Å². The maximum atomic E-state index is 13.4. The highest BCUT2D eigenvalue weighted by molar-refractivity contribution is 5.96. The molecule has 0 aliphatic heterocycles. The number of aromatic nitrogens is 1. The molecule has 1 amide bonds. The van der Waals surface area contributed by atoms with E-state index in [0.29, 0.717) is 5.39 Å². The van der Waals surface area contributed by atoms with E-state index >= 15 is 0 Å². The maximum absolute atomic E-state index is 13.4. The molecule has 0 saturated carbocycles. The molecular formula is C21H27F3N2O4. The molecule has 0 aliphatic rings. The summed E-state index contributed by atoms with van der Waals surface area (Å²) in [6, 6.07) is 3.38. The molecule has 1 unspecified atom stereocenters. The second-order valence-corrected chi connectivity index (χ2v) is 8.08. The summed E-state index contributed by atoms with van der Waals surface area (Å²) in [6.45, 7) is 10.0. The molecule has 1 aromatic carbocycles. The quantitative estimate of drug-likeness (QED) is 0.662. The molecule has 9 heteroatoms. The van der Waals surface area contributed by atoms with Gasteiger partial charge in [-0.15, -0.1) is 0 Å². The van der Waals surface area contributed by atoms with E-state index < -0.39 is 35.4 Å². The van der Waals surface area contributed by atoms with Gasteiger partial charge in [-0.3, -0.25) is 0 Å². The highest BCUT2D eigenvalue weighted by Gasteiger charge is 2.34. The lowest BCUT2D eigenvalue weighted by atomic mass is 10.1. The van der Waals surface area contributed by atoms with Crippen molar-refractivity contribution >= 4 is 23.0 Å². The molecule has 6 nitrogen and oxygen atoms in total. The molecule has 1 N–H and O–H groups in total. The summed E-state index contributed by atoms with van der Waals surface area (Å²) in [5.74, 6) is -0.649. The number of halogens is 3. The highest BCUT2D eigenvalue weighted by Crippen LogP contribution is 2.36. The van der Waals surface area contributed by atoms with Crippen molar-refractivity contribution in [3.05, 3.63) is 35.0 Å².